The van der Waals surface area contributed by atoms with E-state index in [1.54, 1.807) is 6.07 Å². The average molecular weight is 270 g/mol. The van der Waals surface area contributed by atoms with E-state index in [-0.39, 0.29) is 6.04 Å². The van der Waals surface area contributed by atoms with Gasteiger partial charge in [-0.3, -0.25) is 0 Å². The van der Waals surface area contributed by atoms with Crippen molar-refractivity contribution in [2.75, 3.05) is 0 Å². The van der Waals surface area contributed by atoms with Crippen molar-refractivity contribution < 1.29 is 4.42 Å². The first-order valence-electron chi connectivity index (χ1n) is 5.41. The van der Waals surface area contributed by atoms with Crippen molar-refractivity contribution in [1.82, 2.24) is 0 Å². The van der Waals surface area contributed by atoms with Crippen LogP contribution in [0.3, 0.4) is 0 Å². The number of hydrogen-bond donors (Lipinski definition) is 1. The molecule has 0 aliphatic heterocycles. The molecule has 2 aromatic rings. The Balaban J connectivity index is 2.36. The van der Waals surface area contributed by atoms with E-state index >= 15 is 0 Å². The normalized spacial score (nSPS) is 12.7. The smallest absolute Gasteiger partial charge is 0.125 e. The summed E-state index contributed by atoms with van der Waals surface area (Å²) < 4.78 is 5.62. The van der Waals surface area contributed by atoms with E-state index < -0.39 is 0 Å². The molecule has 1 aromatic carbocycles. The largest absolute Gasteiger partial charge is 0.464 e. The van der Waals surface area contributed by atoms with Crippen LogP contribution in [0.15, 0.2) is 34.7 Å². The van der Waals surface area contributed by atoms with Crippen LogP contribution in [-0.4, -0.2) is 0 Å². The van der Waals surface area contributed by atoms with E-state index in [0.29, 0.717) is 15.8 Å². The maximum absolute atomic E-state index is 6.13. The van der Waals surface area contributed by atoms with Crippen molar-refractivity contribution in [1.29, 1.82) is 0 Å². The van der Waals surface area contributed by atoms with Crippen molar-refractivity contribution in [3.8, 4) is 0 Å². The average Bonchev–Trinajstić information content (AvgIpc) is 2.80. The summed E-state index contributed by atoms with van der Waals surface area (Å²) in [5.74, 6) is 1.61. The van der Waals surface area contributed by atoms with Crippen LogP contribution >= 0.6 is 23.2 Å². The quantitative estimate of drug-likeness (QED) is 0.907. The molecular weight excluding hydrogens is 257 g/mol. The minimum Gasteiger partial charge on any atom is -0.464 e. The predicted octanol–water partition coefficient (Wildman–Crippen LogP) is 4.20. The van der Waals surface area contributed by atoms with Crippen molar-refractivity contribution >= 4 is 23.2 Å². The van der Waals surface area contributed by atoms with Gasteiger partial charge in [0.15, 0.2) is 0 Å². The van der Waals surface area contributed by atoms with Gasteiger partial charge < -0.3 is 10.2 Å². The Morgan fingerprint density at radius 3 is 2.65 bits per heavy atom. The zero-order valence-corrected chi connectivity index (χ0v) is 10.9. The molecule has 90 valence electrons. The molecule has 0 saturated heterocycles. The Bertz CT molecular complexity index is 522. The molecule has 2 rings (SSSR count). The Morgan fingerprint density at radius 2 is 2.00 bits per heavy atom. The number of rotatable bonds is 3. The predicted molar refractivity (Wildman–Crippen MR) is 70.6 cm³/mol. The van der Waals surface area contributed by atoms with E-state index in [4.69, 9.17) is 33.4 Å². The van der Waals surface area contributed by atoms with Gasteiger partial charge in [-0.15, -0.1) is 0 Å². The molecule has 2 nitrogen and oxygen atoms in total. The van der Waals surface area contributed by atoms with Crippen LogP contribution in [0.25, 0.3) is 0 Å². The van der Waals surface area contributed by atoms with Crippen molar-refractivity contribution in [3.63, 3.8) is 0 Å². The van der Waals surface area contributed by atoms with Gasteiger partial charge in [0, 0.05) is 6.42 Å². The summed E-state index contributed by atoms with van der Waals surface area (Å²) in [5.41, 5.74) is 6.89. The first kappa shape index (κ1) is 12.5. The molecule has 0 spiro atoms. The van der Waals surface area contributed by atoms with Gasteiger partial charge in [0.2, 0.25) is 0 Å². The minimum absolute atomic E-state index is 0.388. The van der Waals surface area contributed by atoms with Gasteiger partial charge in [-0.05, 0) is 23.8 Å². The maximum atomic E-state index is 6.13. The standard InChI is InChI=1S/C13H13Cl2NO/c1-2-8-6-7-11(17-8)13(16)9-4-3-5-10(14)12(9)15/h3-7,13H,2,16H2,1H3. The topological polar surface area (TPSA) is 39.2 Å². The van der Waals surface area contributed by atoms with E-state index in [0.717, 1.165) is 17.7 Å². The summed E-state index contributed by atoms with van der Waals surface area (Å²) >= 11 is 12.1. The molecule has 17 heavy (non-hydrogen) atoms. The molecule has 1 aromatic heterocycles. The second-order valence-corrected chi connectivity index (χ2v) is 4.56. The lowest BCUT2D eigenvalue weighted by Crippen LogP contribution is -2.11. The van der Waals surface area contributed by atoms with E-state index in [1.807, 2.05) is 31.2 Å². The third-order valence-electron chi connectivity index (χ3n) is 2.65. The minimum atomic E-state index is -0.388. The number of aryl methyl sites for hydroxylation is 1. The molecule has 1 atom stereocenters. The Kier molecular flexibility index (Phi) is 3.77. The van der Waals surface area contributed by atoms with Gasteiger partial charge in [-0.1, -0.05) is 42.3 Å². The molecule has 1 heterocycles. The van der Waals surface area contributed by atoms with E-state index in [1.165, 1.54) is 0 Å². The third kappa shape index (κ3) is 2.49. The Hall–Kier alpha value is -0.960. The van der Waals surface area contributed by atoms with Gasteiger partial charge in [-0.25, -0.2) is 0 Å². The molecule has 2 N–H and O–H groups in total. The zero-order valence-electron chi connectivity index (χ0n) is 9.41. The van der Waals surface area contributed by atoms with Crippen LogP contribution in [0.1, 0.15) is 30.0 Å². The third-order valence-corrected chi connectivity index (χ3v) is 3.49. The fourth-order valence-corrected chi connectivity index (χ4v) is 2.09. The Morgan fingerprint density at radius 1 is 1.24 bits per heavy atom. The maximum Gasteiger partial charge on any atom is 0.125 e. The highest BCUT2D eigenvalue weighted by molar-refractivity contribution is 6.42. The first-order valence-corrected chi connectivity index (χ1v) is 6.17. The molecule has 0 amide bonds. The second kappa shape index (κ2) is 5.13. The van der Waals surface area contributed by atoms with Gasteiger partial charge >= 0.3 is 0 Å². The fraction of sp³-hybridized carbons (Fsp3) is 0.231. The van der Waals surface area contributed by atoms with Gasteiger partial charge in [0.25, 0.3) is 0 Å². The lowest BCUT2D eigenvalue weighted by Gasteiger charge is -2.12. The molecule has 0 radical (unpaired) electrons. The second-order valence-electron chi connectivity index (χ2n) is 3.78. The summed E-state index contributed by atoms with van der Waals surface area (Å²) in [5, 5.41) is 0.984. The summed E-state index contributed by atoms with van der Waals surface area (Å²) in [6, 6.07) is 8.83. The van der Waals surface area contributed by atoms with Crippen LogP contribution in [0, 0.1) is 0 Å². The van der Waals surface area contributed by atoms with Gasteiger partial charge in [-0.2, -0.15) is 0 Å². The van der Waals surface area contributed by atoms with E-state index in [9.17, 15) is 0 Å². The van der Waals surface area contributed by atoms with Crippen LogP contribution in [0.2, 0.25) is 10.0 Å². The van der Waals surface area contributed by atoms with Gasteiger partial charge in [0.1, 0.15) is 11.5 Å². The highest BCUT2D eigenvalue weighted by atomic mass is 35.5. The molecule has 0 fully saturated rings. The number of halogens is 2. The van der Waals surface area contributed by atoms with Crippen LogP contribution in [0.4, 0.5) is 0 Å². The molecule has 0 aliphatic carbocycles. The molecular formula is C13H13Cl2NO. The lowest BCUT2D eigenvalue weighted by atomic mass is 10.1. The number of hydrogen-bond acceptors (Lipinski definition) is 2. The molecule has 4 heteroatoms. The van der Waals surface area contributed by atoms with Crippen molar-refractivity contribution in [2.24, 2.45) is 5.73 Å². The first-order chi connectivity index (χ1) is 8.13. The molecule has 1 unspecified atom stereocenters. The fourth-order valence-electron chi connectivity index (χ4n) is 1.67. The Labute approximate surface area is 110 Å². The van der Waals surface area contributed by atoms with Crippen LogP contribution in [-0.2, 0) is 6.42 Å². The van der Waals surface area contributed by atoms with Crippen molar-refractivity contribution in [2.45, 2.75) is 19.4 Å². The number of nitrogens with two attached hydrogens (primary N) is 1. The summed E-state index contributed by atoms with van der Waals surface area (Å²) in [6.07, 6.45) is 0.843. The molecule has 0 bridgehead atoms. The SMILES string of the molecule is CCc1ccc(C(N)c2cccc(Cl)c2Cl)o1. The summed E-state index contributed by atoms with van der Waals surface area (Å²) in [6.45, 7) is 2.03. The van der Waals surface area contributed by atoms with Crippen LogP contribution < -0.4 is 5.73 Å². The highest BCUT2D eigenvalue weighted by Crippen LogP contribution is 2.32. The molecule has 0 aliphatic rings. The number of benzene rings is 1. The lowest BCUT2D eigenvalue weighted by molar-refractivity contribution is 0.454. The molecule has 0 saturated carbocycles. The number of furan rings is 1. The summed E-state index contributed by atoms with van der Waals surface area (Å²) in [4.78, 5) is 0. The monoisotopic (exact) mass is 269 g/mol. The summed E-state index contributed by atoms with van der Waals surface area (Å²) in [7, 11) is 0. The zero-order chi connectivity index (χ0) is 12.4. The van der Waals surface area contributed by atoms with Crippen LogP contribution in [0.5, 0.6) is 0 Å². The van der Waals surface area contributed by atoms with Crippen molar-refractivity contribution in [3.05, 3.63) is 57.5 Å². The van der Waals surface area contributed by atoms with E-state index in [2.05, 4.69) is 0 Å². The van der Waals surface area contributed by atoms with Gasteiger partial charge in [0.05, 0.1) is 16.1 Å². The highest BCUT2D eigenvalue weighted by Gasteiger charge is 2.17.